The topological polar surface area (TPSA) is 51.5 Å². The summed E-state index contributed by atoms with van der Waals surface area (Å²) < 4.78 is 22.0. The van der Waals surface area contributed by atoms with Gasteiger partial charge in [-0.3, -0.25) is 4.79 Å². The van der Waals surface area contributed by atoms with Gasteiger partial charge in [0.15, 0.2) is 5.43 Å². The van der Waals surface area contributed by atoms with Crippen molar-refractivity contribution in [2.24, 2.45) is 5.41 Å². The van der Waals surface area contributed by atoms with Gasteiger partial charge in [-0.2, -0.15) is 0 Å². The Bertz CT molecular complexity index is 1150. The first kappa shape index (κ1) is 22.3. The minimum Gasteiger partial charge on any atom is -0.496 e. The van der Waals surface area contributed by atoms with Crippen molar-refractivity contribution in [3.05, 3.63) is 74.3 Å². The van der Waals surface area contributed by atoms with Crippen molar-refractivity contribution in [3.63, 3.8) is 0 Å². The summed E-state index contributed by atoms with van der Waals surface area (Å²) in [5.41, 5.74) is 2.04. The molecular weight excluding hydrogens is 405 g/mol. The molecule has 160 valence electrons. The lowest BCUT2D eigenvalue weighted by atomic mass is 9.86. The number of aliphatic hydroxyl groups excluding tert-OH is 1. The number of nitrogens with zero attached hydrogens (tertiary/aromatic N) is 1. The number of rotatable bonds is 5. The second-order valence-corrected chi connectivity index (χ2v) is 9.09. The SMILES string of the molecule is COc1cc2c(cc1Cc1cccc(Cl)c1F)c(=O)c(C)cn2C(CO)C(C)(C)C. The third-order valence-electron chi connectivity index (χ3n) is 5.53. The van der Waals surface area contributed by atoms with Crippen LogP contribution in [-0.4, -0.2) is 23.4 Å². The third kappa shape index (κ3) is 4.09. The molecule has 0 saturated carbocycles. The average Bonchev–Trinajstić information content (AvgIpc) is 2.68. The maximum Gasteiger partial charge on any atom is 0.192 e. The second-order valence-electron chi connectivity index (χ2n) is 8.68. The number of hydrogen-bond donors (Lipinski definition) is 1. The van der Waals surface area contributed by atoms with Crippen molar-refractivity contribution in [2.75, 3.05) is 13.7 Å². The van der Waals surface area contributed by atoms with Gasteiger partial charge in [-0.25, -0.2) is 4.39 Å². The van der Waals surface area contributed by atoms with Crippen LogP contribution in [0.25, 0.3) is 10.9 Å². The molecular formula is C24H27ClFNO3. The number of aliphatic hydroxyl groups is 1. The number of methoxy groups -OCH3 is 1. The van der Waals surface area contributed by atoms with Gasteiger partial charge in [-0.1, -0.05) is 44.5 Å². The van der Waals surface area contributed by atoms with Gasteiger partial charge in [0.2, 0.25) is 0 Å². The highest BCUT2D eigenvalue weighted by atomic mass is 35.5. The van der Waals surface area contributed by atoms with Crippen LogP contribution in [0.4, 0.5) is 4.39 Å². The van der Waals surface area contributed by atoms with Crippen molar-refractivity contribution in [3.8, 4) is 5.75 Å². The molecule has 0 amide bonds. The van der Waals surface area contributed by atoms with E-state index in [1.165, 1.54) is 6.07 Å². The average molecular weight is 432 g/mol. The summed E-state index contributed by atoms with van der Waals surface area (Å²) in [5, 5.41) is 10.6. The number of aromatic nitrogens is 1. The number of benzene rings is 2. The zero-order valence-corrected chi connectivity index (χ0v) is 18.7. The molecule has 1 atom stereocenters. The van der Waals surface area contributed by atoms with Crippen molar-refractivity contribution in [1.29, 1.82) is 0 Å². The molecule has 1 heterocycles. The number of hydrogen-bond acceptors (Lipinski definition) is 3. The molecule has 1 N–H and O–H groups in total. The number of pyridine rings is 1. The van der Waals surface area contributed by atoms with Crippen LogP contribution in [0.1, 0.15) is 43.5 Å². The molecule has 0 spiro atoms. The lowest BCUT2D eigenvalue weighted by Gasteiger charge is -2.33. The van der Waals surface area contributed by atoms with Crippen LogP contribution >= 0.6 is 11.6 Å². The summed E-state index contributed by atoms with van der Waals surface area (Å²) in [7, 11) is 1.54. The molecule has 2 aromatic carbocycles. The standard InChI is InChI=1S/C24H27ClFNO3/c1-14-12-27(21(13-28)24(2,3)4)19-11-20(30-5)16(10-17(19)23(14)29)9-15-7-6-8-18(25)22(15)26/h6-8,10-12,21,28H,9,13H2,1-5H3. The maximum absolute atomic E-state index is 14.5. The fraction of sp³-hybridized carbons (Fsp3) is 0.375. The molecule has 0 aliphatic rings. The van der Waals surface area contributed by atoms with Crippen LogP contribution in [0.15, 0.2) is 41.3 Å². The van der Waals surface area contributed by atoms with E-state index in [0.717, 1.165) is 0 Å². The highest BCUT2D eigenvalue weighted by Crippen LogP contribution is 2.35. The number of aryl methyl sites for hydroxylation is 1. The first-order valence-electron chi connectivity index (χ1n) is 9.84. The number of ether oxygens (including phenoxy) is 1. The molecule has 6 heteroatoms. The molecule has 0 fully saturated rings. The van der Waals surface area contributed by atoms with Crippen LogP contribution in [0.3, 0.4) is 0 Å². The monoisotopic (exact) mass is 431 g/mol. The summed E-state index contributed by atoms with van der Waals surface area (Å²) in [6, 6.07) is 8.18. The first-order valence-corrected chi connectivity index (χ1v) is 10.2. The third-order valence-corrected chi connectivity index (χ3v) is 5.83. The molecule has 4 nitrogen and oxygen atoms in total. The highest BCUT2D eigenvalue weighted by molar-refractivity contribution is 6.30. The van der Waals surface area contributed by atoms with Gasteiger partial charge >= 0.3 is 0 Å². The van der Waals surface area contributed by atoms with Gasteiger partial charge in [0.1, 0.15) is 11.6 Å². The van der Waals surface area contributed by atoms with E-state index >= 15 is 0 Å². The lowest BCUT2D eigenvalue weighted by molar-refractivity contribution is 0.140. The van der Waals surface area contributed by atoms with Gasteiger partial charge < -0.3 is 14.4 Å². The van der Waals surface area contributed by atoms with Gasteiger partial charge in [-0.15, -0.1) is 0 Å². The Morgan fingerprint density at radius 3 is 2.53 bits per heavy atom. The van der Waals surface area contributed by atoms with E-state index in [9.17, 15) is 14.3 Å². The Balaban J connectivity index is 2.27. The van der Waals surface area contributed by atoms with Gasteiger partial charge in [0.05, 0.1) is 30.3 Å². The molecule has 3 rings (SSSR count). The zero-order chi connectivity index (χ0) is 22.2. The Labute approximate surface area is 180 Å². The van der Waals surface area contributed by atoms with E-state index in [-0.39, 0.29) is 34.9 Å². The summed E-state index contributed by atoms with van der Waals surface area (Å²) in [6.45, 7) is 7.82. The van der Waals surface area contributed by atoms with E-state index in [1.54, 1.807) is 44.5 Å². The first-order chi connectivity index (χ1) is 14.1. The predicted octanol–water partition coefficient (Wildman–Crippen LogP) is 5.28. The van der Waals surface area contributed by atoms with Crippen LogP contribution in [0.2, 0.25) is 5.02 Å². The quantitative estimate of drug-likeness (QED) is 0.597. The molecule has 3 aromatic rings. The molecule has 1 unspecified atom stereocenters. The van der Waals surface area contributed by atoms with Crippen LogP contribution in [0, 0.1) is 18.2 Å². The Hall–Kier alpha value is -2.37. The molecule has 0 aliphatic heterocycles. The Morgan fingerprint density at radius 1 is 1.23 bits per heavy atom. The van der Waals surface area contributed by atoms with Crippen LogP contribution in [0.5, 0.6) is 5.75 Å². The smallest absolute Gasteiger partial charge is 0.192 e. The Morgan fingerprint density at radius 2 is 1.93 bits per heavy atom. The van der Waals surface area contributed by atoms with E-state index in [4.69, 9.17) is 16.3 Å². The lowest BCUT2D eigenvalue weighted by Crippen LogP contribution is -2.29. The minimum atomic E-state index is -0.476. The van der Waals surface area contributed by atoms with Crippen LogP contribution < -0.4 is 10.2 Å². The predicted molar refractivity (Wildman–Crippen MR) is 119 cm³/mol. The summed E-state index contributed by atoms with van der Waals surface area (Å²) >= 11 is 5.93. The molecule has 0 bridgehead atoms. The molecule has 0 aliphatic carbocycles. The summed E-state index contributed by atoms with van der Waals surface area (Å²) in [6.07, 6.45) is 2.02. The van der Waals surface area contributed by atoms with E-state index in [2.05, 4.69) is 0 Å². The van der Waals surface area contributed by atoms with Crippen molar-refractivity contribution >= 4 is 22.5 Å². The number of fused-ring (bicyclic) bond motifs is 1. The van der Waals surface area contributed by atoms with Gasteiger partial charge in [0, 0.05) is 29.6 Å². The molecule has 1 aromatic heterocycles. The maximum atomic E-state index is 14.5. The fourth-order valence-corrected chi connectivity index (χ4v) is 4.01. The van der Waals surface area contributed by atoms with Crippen molar-refractivity contribution in [1.82, 2.24) is 4.57 Å². The summed E-state index contributed by atoms with van der Waals surface area (Å²) in [5.74, 6) is 0.0699. The van der Waals surface area contributed by atoms with Crippen molar-refractivity contribution < 1.29 is 14.2 Å². The fourth-order valence-electron chi connectivity index (χ4n) is 3.81. The number of halogens is 2. The van der Waals surface area contributed by atoms with E-state index in [1.807, 2.05) is 25.3 Å². The van der Waals surface area contributed by atoms with Crippen LogP contribution in [-0.2, 0) is 6.42 Å². The van der Waals surface area contributed by atoms with Crippen molar-refractivity contribution in [2.45, 2.75) is 40.2 Å². The molecule has 0 saturated heterocycles. The zero-order valence-electron chi connectivity index (χ0n) is 17.9. The molecule has 30 heavy (non-hydrogen) atoms. The van der Waals surface area contributed by atoms with Gasteiger partial charge in [0.25, 0.3) is 0 Å². The summed E-state index contributed by atoms with van der Waals surface area (Å²) in [4.78, 5) is 13.0. The largest absolute Gasteiger partial charge is 0.496 e. The van der Waals surface area contributed by atoms with E-state index < -0.39 is 5.82 Å². The highest BCUT2D eigenvalue weighted by Gasteiger charge is 2.27. The van der Waals surface area contributed by atoms with Gasteiger partial charge in [-0.05, 0) is 35.6 Å². The minimum absolute atomic E-state index is 0.0569. The van der Waals surface area contributed by atoms with E-state index in [0.29, 0.717) is 33.3 Å². The normalized spacial score (nSPS) is 12.9. The Kier molecular flexibility index (Phi) is 6.25. The molecule has 0 radical (unpaired) electrons. The second kappa shape index (κ2) is 8.40.